The summed E-state index contributed by atoms with van der Waals surface area (Å²) >= 11 is 0. The number of halogens is 1. The molecule has 5 rings (SSSR count). The summed E-state index contributed by atoms with van der Waals surface area (Å²) in [5.41, 5.74) is 9.17. The van der Waals surface area contributed by atoms with Gasteiger partial charge in [0, 0.05) is 37.1 Å². The van der Waals surface area contributed by atoms with Crippen molar-refractivity contribution in [3.63, 3.8) is 0 Å². The average molecular weight is 415 g/mol. The van der Waals surface area contributed by atoms with Crippen LogP contribution in [0.4, 0.5) is 27.7 Å². The summed E-state index contributed by atoms with van der Waals surface area (Å²) in [4.78, 5) is 15.9. The molecule has 0 bridgehead atoms. The van der Waals surface area contributed by atoms with Gasteiger partial charge in [-0.05, 0) is 35.9 Å². The maximum absolute atomic E-state index is 13.8. The smallest absolute Gasteiger partial charge is 0.229 e. The van der Waals surface area contributed by atoms with E-state index in [9.17, 15) is 4.39 Å². The zero-order valence-electron chi connectivity index (χ0n) is 16.8. The Bertz CT molecular complexity index is 1220. The number of nitrogens with two attached hydrogens (primary N) is 1. The molecule has 0 radical (unpaired) electrons. The predicted molar refractivity (Wildman–Crippen MR) is 122 cm³/mol. The van der Waals surface area contributed by atoms with Gasteiger partial charge in [-0.25, -0.2) is 14.4 Å². The number of nitrogens with one attached hydrogen (secondary N) is 2. The number of nitrogens with zero attached hydrogens (tertiary/aromatic N) is 4. The molecule has 0 amide bonds. The van der Waals surface area contributed by atoms with Gasteiger partial charge >= 0.3 is 0 Å². The molecule has 4 N–H and O–H groups in total. The lowest BCUT2D eigenvalue weighted by molar-refractivity contribution is 0.585. The van der Waals surface area contributed by atoms with Crippen molar-refractivity contribution in [3.05, 3.63) is 66.6 Å². The Hall–Kier alpha value is -3.78. The SMILES string of the molecule is Nc1nc(Nc2ccc(N3CCNCC3)nc2)nc2c(-c3cccc(F)c3)cccc12. The van der Waals surface area contributed by atoms with Crippen molar-refractivity contribution >= 4 is 34.2 Å². The number of nitrogen functional groups attached to an aromatic ring is 1. The predicted octanol–water partition coefficient (Wildman–Crippen LogP) is 3.57. The molecule has 2 aromatic heterocycles. The minimum atomic E-state index is -0.300. The quantitative estimate of drug-likeness (QED) is 0.469. The molecule has 1 aliphatic heterocycles. The van der Waals surface area contributed by atoms with Gasteiger partial charge in [-0.3, -0.25) is 0 Å². The molecule has 1 saturated heterocycles. The number of hydrogen-bond acceptors (Lipinski definition) is 7. The van der Waals surface area contributed by atoms with Gasteiger partial charge in [0.05, 0.1) is 17.4 Å². The first-order valence-electron chi connectivity index (χ1n) is 10.2. The monoisotopic (exact) mass is 415 g/mol. The average Bonchev–Trinajstić information content (AvgIpc) is 2.80. The van der Waals surface area contributed by atoms with E-state index in [4.69, 9.17) is 5.73 Å². The fourth-order valence-electron chi connectivity index (χ4n) is 3.79. The summed E-state index contributed by atoms with van der Waals surface area (Å²) in [7, 11) is 0. The highest BCUT2D eigenvalue weighted by molar-refractivity contribution is 5.99. The van der Waals surface area contributed by atoms with Crippen molar-refractivity contribution in [3.8, 4) is 11.1 Å². The van der Waals surface area contributed by atoms with E-state index < -0.39 is 0 Å². The maximum atomic E-state index is 13.8. The second-order valence-electron chi connectivity index (χ2n) is 7.41. The molecule has 1 fully saturated rings. The van der Waals surface area contributed by atoms with Crippen LogP contribution < -0.4 is 21.3 Å². The number of rotatable bonds is 4. The summed E-state index contributed by atoms with van der Waals surface area (Å²) in [6.07, 6.45) is 1.76. The standard InChI is InChI=1S/C23H22FN7/c24-16-4-1-3-15(13-16)18-5-2-6-19-21(18)29-23(30-22(19)25)28-17-7-8-20(27-14-17)31-11-9-26-10-12-31/h1-8,13-14,26H,9-12H2,(H3,25,28,29,30). The van der Waals surface area contributed by atoms with Crippen LogP contribution in [0.2, 0.25) is 0 Å². The van der Waals surface area contributed by atoms with Crippen LogP contribution in [0.1, 0.15) is 0 Å². The molecule has 8 heteroatoms. The van der Waals surface area contributed by atoms with Crippen molar-refractivity contribution < 1.29 is 4.39 Å². The molecular weight excluding hydrogens is 393 g/mol. The maximum Gasteiger partial charge on any atom is 0.229 e. The number of para-hydroxylation sites is 1. The number of piperazine rings is 1. The topological polar surface area (TPSA) is 92.0 Å². The first-order valence-corrected chi connectivity index (χ1v) is 10.2. The third-order valence-electron chi connectivity index (χ3n) is 5.34. The van der Waals surface area contributed by atoms with Crippen LogP contribution in [0.25, 0.3) is 22.0 Å². The van der Waals surface area contributed by atoms with Gasteiger partial charge < -0.3 is 21.3 Å². The van der Waals surface area contributed by atoms with E-state index in [1.54, 1.807) is 12.3 Å². The van der Waals surface area contributed by atoms with E-state index in [1.807, 2.05) is 36.4 Å². The zero-order chi connectivity index (χ0) is 21.2. The van der Waals surface area contributed by atoms with Crippen LogP contribution in [0.5, 0.6) is 0 Å². The molecule has 1 aliphatic rings. The molecule has 4 aromatic rings. The number of aromatic nitrogens is 3. The van der Waals surface area contributed by atoms with E-state index in [0.29, 0.717) is 17.3 Å². The van der Waals surface area contributed by atoms with E-state index >= 15 is 0 Å². The lowest BCUT2D eigenvalue weighted by Crippen LogP contribution is -2.43. The minimum absolute atomic E-state index is 0.300. The Morgan fingerprint density at radius 3 is 2.61 bits per heavy atom. The van der Waals surface area contributed by atoms with Crippen LogP contribution in [0.3, 0.4) is 0 Å². The summed E-state index contributed by atoms with van der Waals surface area (Å²) < 4.78 is 13.8. The third-order valence-corrected chi connectivity index (χ3v) is 5.34. The van der Waals surface area contributed by atoms with Crippen molar-refractivity contribution in [1.82, 2.24) is 20.3 Å². The number of benzene rings is 2. The zero-order valence-corrected chi connectivity index (χ0v) is 16.8. The van der Waals surface area contributed by atoms with Gasteiger partial charge in [0.1, 0.15) is 17.5 Å². The molecule has 2 aromatic carbocycles. The summed E-state index contributed by atoms with van der Waals surface area (Å²) in [5, 5.41) is 7.25. The van der Waals surface area contributed by atoms with Gasteiger partial charge in [0.25, 0.3) is 0 Å². The fourth-order valence-corrected chi connectivity index (χ4v) is 3.79. The van der Waals surface area contributed by atoms with Gasteiger partial charge in [-0.15, -0.1) is 0 Å². The third kappa shape index (κ3) is 3.97. The second-order valence-corrected chi connectivity index (χ2v) is 7.41. The Kier molecular flexibility index (Phi) is 5.05. The number of hydrogen-bond donors (Lipinski definition) is 3. The van der Waals surface area contributed by atoms with Crippen LogP contribution >= 0.6 is 0 Å². The van der Waals surface area contributed by atoms with Crippen LogP contribution in [0.15, 0.2) is 60.8 Å². The normalized spacial score (nSPS) is 14.0. The van der Waals surface area contributed by atoms with Gasteiger partial charge in [0.2, 0.25) is 5.95 Å². The van der Waals surface area contributed by atoms with Crippen molar-refractivity contribution in [2.75, 3.05) is 42.1 Å². The summed E-state index contributed by atoms with van der Waals surface area (Å²) in [6.45, 7) is 3.79. The Labute approximate surface area is 179 Å². The van der Waals surface area contributed by atoms with Crippen molar-refractivity contribution in [2.45, 2.75) is 0 Å². The molecule has 0 saturated carbocycles. The van der Waals surface area contributed by atoms with E-state index in [1.165, 1.54) is 12.1 Å². The second kappa shape index (κ2) is 8.16. The number of pyridine rings is 1. The van der Waals surface area contributed by atoms with Crippen molar-refractivity contribution in [2.24, 2.45) is 0 Å². The Morgan fingerprint density at radius 1 is 1.00 bits per heavy atom. The van der Waals surface area contributed by atoms with Gasteiger partial charge in [-0.1, -0.05) is 24.3 Å². The first-order chi connectivity index (χ1) is 15.2. The lowest BCUT2D eigenvalue weighted by atomic mass is 10.0. The largest absolute Gasteiger partial charge is 0.383 e. The fraction of sp³-hybridized carbons (Fsp3) is 0.174. The molecule has 31 heavy (non-hydrogen) atoms. The van der Waals surface area contributed by atoms with Crippen LogP contribution in [-0.4, -0.2) is 41.1 Å². The summed E-state index contributed by atoms with van der Waals surface area (Å²) in [6, 6.07) is 16.0. The number of fused-ring (bicyclic) bond motifs is 1. The molecule has 0 atom stereocenters. The molecule has 0 spiro atoms. The molecule has 0 aliphatic carbocycles. The highest BCUT2D eigenvalue weighted by Gasteiger charge is 2.13. The van der Waals surface area contributed by atoms with E-state index in [0.717, 1.165) is 54.2 Å². The Balaban J connectivity index is 1.47. The molecule has 0 unspecified atom stereocenters. The van der Waals surface area contributed by atoms with Gasteiger partial charge in [-0.2, -0.15) is 4.98 Å². The Morgan fingerprint density at radius 2 is 1.84 bits per heavy atom. The molecule has 3 heterocycles. The van der Waals surface area contributed by atoms with Crippen LogP contribution in [0, 0.1) is 5.82 Å². The van der Waals surface area contributed by atoms with Crippen LogP contribution in [-0.2, 0) is 0 Å². The molecular formula is C23H22FN7. The first kappa shape index (κ1) is 19.2. The number of anilines is 4. The highest BCUT2D eigenvalue weighted by atomic mass is 19.1. The van der Waals surface area contributed by atoms with Crippen molar-refractivity contribution in [1.29, 1.82) is 0 Å². The van der Waals surface area contributed by atoms with E-state index in [2.05, 4.69) is 30.5 Å². The van der Waals surface area contributed by atoms with E-state index in [-0.39, 0.29) is 5.82 Å². The highest BCUT2D eigenvalue weighted by Crippen LogP contribution is 2.31. The van der Waals surface area contributed by atoms with Gasteiger partial charge in [0.15, 0.2) is 0 Å². The lowest BCUT2D eigenvalue weighted by Gasteiger charge is -2.28. The minimum Gasteiger partial charge on any atom is -0.383 e. The molecule has 156 valence electrons. The molecule has 7 nitrogen and oxygen atoms in total. The summed E-state index contributed by atoms with van der Waals surface area (Å²) in [5.74, 6) is 1.37.